The van der Waals surface area contributed by atoms with E-state index < -0.39 is 0 Å². The highest BCUT2D eigenvalue weighted by molar-refractivity contribution is 6.31. The summed E-state index contributed by atoms with van der Waals surface area (Å²) in [5, 5.41) is 5.95. The molecule has 0 bridgehead atoms. The first-order chi connectivity index (χ1) is 10.6. The quantitative estimate of drug-likeness (QED) is 0.610. The topological polar surface area (TPSA) is 84.2 Å². The number of carbonyl (C=O) groups excluding carboxylic acids is 2. The first kappa shape index (κ1) is 18.5. The van der Waals surface area contributed by atoms with Crippen LogP contribution in [0.1, 0.15) is 49.4 Å². The molecule has 0 saturated heterocycles. The molecule has 0 aliphatic rings. The third-order valence-electron chi connectivity index (χ3n) is 3.20. The molecule has 22 heavy (non-hydrogen) atoms. The Morgan fingerprint density at radius 2 is 1.91 bits per heavy atom. The normalized spacial score (nSPS) is 10.3. The van der Waals surface area contributed by atoms with Crippen LogP contribution in [0.5, 0.6) is 0 Å². The summed E-state index contributed by atoms with van der Waals surface area (Å²) in [7, 11) is 0. The number of rotatable bonds is 9. The predicted molar refractivity (Wildman–Crippen MR) is 90.2 cm³/mol. The Bertz CT molecular complexity index is 506. The largest absolute Gasteiger partial charge is 0.352 e. The summed E-state index contributed by atoms with van der Waals surface area (Å²) in [4.78, 5) is 24.0. The van der Waals surface area contributed by atoms with E-state index in [9.17, 15) is 9.59 Å². The number of halogens is 1. The van der Waals surface area contributed by atoms with E-state index in [0.717, 1.165) is 25.7 Å². The van der Waals surface area contributed by atoms with E-state index in [4.69, 9.17) is 17.3 Å². The molecule has 4 N–H and O–H groups in total. The number of unbranched alkanes of at least 4 members (excludes halogenated alkanes) is 3. The fourth-order valence-corrected chi connectivity index (χ4v) is 2.24. The molecule has 1 rings (SSSR count). The van der Waals surface area contributed by atoms with Gasteiger partial charge in [0.05, 0.1) is 11.3 Å². The summed E-state index contributed by atoms with van der Waals surface area (Å²) in [6.07, 6.45) is 4.25. The van der Waals surface area contributed by atoms with Crippen molar-refractivity contribution in [2.45, 2.75) is 39.0 Å². The zero-order valence-corrected chi connectivity index (χ0v) is 13.7. The zero-order valence-electron chi connectivity index (χ0n) is 13.0. The third-order valence-corrected chi connectivity index (χ3v) is 3.43. The van der Waals surface area contributed by atoms with E-state index >= 15 is 0 Å². The molecule has 0 aliphatic heterocycles. The van der Waals surface area contributed by atoms with Crippen molar-refractivity contribution in [2.24, 2.45) is 5.73 Å². The standard InChI is InChI=1S/C16H24ClN3O2/c1-2-19-16(22)13-11-12(17)8-9-14(13)20-15(21)7-5-3-4-6-10-18/h8-9,11H,2-7,10,18H2,1H3,(H,19,22)(H,20,21). The Morgan fingerprint density at radius 1 is 1.18 bits per heavy atom. The molecule has 0 atom stereocenters. The van der Waals surface area contributed by atoms with Crippen molar-refractivity contribution >= 4 is 29.1 Å². The maximum Gasteiger partial charge on any atom is 0.253 e. The van der Waals surface area contributed by atoms with Gasteiger partial charge in [-0.25, -0.2) is 0 Å². The number of hydrogen-bond acceptors (Lipinski definition) is 3. The summed E-state index contributed by atoms with van der Waals surface area (Å²) in [6.45, 7) is 3.04. The van der Waals surface area contributed by atoms with Crippen LogP contribution in [0.15, 0.2) is 18.2 Å². The first-order valence-corrected chi connectivity index (χ1v) is 8.04. The lowest BCUT2D eigenvalue weighted by Crippen LogP contribution is -2.24. The lowest BCUT2D eigenvalue weighted by Gasteiger charge is -2.11. The van der Waals surface area contributed by atoms with Gasteiger partial charge in [0.25, 0.3) is 5.91 Å². The SMILES string of the molecule is CCNC(=O)c1cc(Cl)ccc1NC(=O)CCCCCCN. The van der Waals surface area contributed by atoms with Gasteiger partial charge in [-0.05, 0) is 44.5 Å². The monoisotopic (exact) mass is 325 g/mol. The molecule has 0 heterocycles. The molecule has 1 aromatic rings. The highest BCUT2D eigenvalue weighted by atomic mass is 35.5. The van der Waals surface area contributed by atoms with E-state index in [1.807, 2.05) is 6.92 Å². The second-order valence-electron chi connectivity index (χ2n) is 5.05. The number of benzene rings is 1. The number of carbonyl (C=O) groups is 2. The molecule has 0 saturated carbocycles. The van der Waals surface area contributed by atoms with E-state index in [1.54, 1.807) is 18.2 Å². The Hall–Kier alpha value is -1.59. The van der Waals surface area contributed by atoms with Crippen molar-refractivity contribution in [1.82, 2.24) is 5.32 Å². The molecule has 1 aromatic carbocycles. The molecule has 0 spiro atoms. The molecule has 0 aromatic heterocycles. The number of amides is 2. The molecule has 0 aliphatic carbocycles. The molecule has 0 fully saturated rings. The fraction of sp³-hybridized carbons (Fsp3) is 0.500. The minimum absolute atomic E-state index is 0.0966. The van der Waals surface area contributed by atoms with Crippen LogP contribution in [0.2, 0.25) is 5.02 Å². The van der Waals surface area contributed by atoms with Gasteiger partial charge in [-0.1, -0.05) is 24.4 Å². The van der Waals surface area contributed by atoms with Gasteiger partial charge in [0.2, 0.25) is 5.91 Å². The smallest absolute Gasteiger partial charge is 0.253 e. The van der Waals surface area contributed by atoms with Crippen molar-refractivity contribution in [2.75, 3.05) is 18.4 Å². The summed E-state index contributed by atoms with van der Waals surface area (Å²) in [5.74, 6) is -0.344. The molecule has 0 unspecified atom stereocenters. The van der Waals surface area contributed by atoms with Crippen LogP contribution >= 0.6 is 11.6 Å². The van der Waals surface area contributed by atoms with Crippen molar-refractivity contribution in [1.29, 1.82) is 0 Å². The maximum atomic E-state index is 12.0. The number of nitrogens with two attached hydrogens (primary N) is 1. The van der Waals surface area contributed by atoms with Crippen LogP contribution in [0.3, 0.4) is 0 Å². The summed E-state index contributed by atoms with van der Waals surface area (Å²) < 4.78 is 0. The molecule has 5 nitrogen and oxygen atoms in total. The van der Waals surface area contributed by atoms with Crippen LogP contribution < -0.4 is 16.4 Å². The van der Waals surface area contributed by atoms with Gasteiger partial charge >= 0.3 is 0 Å². The Labute approximate surface area is 136 Å². The van der Waals surface area contributed by atoms with Gasteiger partial charge in [0.15, 0.2) is 0 Å². The molecular weight excluding hydrogens is 302 g/mol. The summed E-state index contributed by atoms with van der Waals surface area (Å²) >= 11 is 5.93. The van der Waals surface area contributed by atoms with Crippen LogP contribution in [0.4, 0.5) is 5.69 Å². The Balaban J connectivity index is 2.60. The van der Waals surface area contributed by atoms with Crippen molar-refractivity contribution in [3.63, 3.8) is 0 Å². The second kappa shape index (κ2) is 10.2. The van der Waals surface area contributed by atoms with Crippen molar-refractivity contribution in [3.8, 4) is 0 Å². The van der Waals surface area contributed by atoms with Crippen molar-refractivity contribution in [3.05, 3.63) is 28.8 Å². The van der Waals surface area contributed by atoms with Gasteiger partial charge < -0.3 is 16.4 Å². The Kier molecular flexibility index (Phi) is 8.55. The van der Waals surface area contributed by atoms with E-state index in [-0.39, 0.29) is 11.8 Å². The lowest BCUT2D eigenvalue weighted by atomic mass is 10.1. The highest BCUT2D eigenvalue weighted by Crippen LogP contribution is 2.21. The molecule has 0 radical (unpaired) electrons. The minimum atomic E-state index is -0.247. The predicted octanol–water partition coefficient (Wildman–Crippen LogP) is 2.94. The average molecular weight is 326 g/mol. The number of hydrogen-bond donors (Lipinski definition) is 3. The van der Waals surface area contributed by atoms with Gasteiger partial charge in [0, 0.05) is 18.0 Å². The Morgan fingerprint density at radius 3 is 2.59 bits per heavy atom. The highest BCUT2D eigenvalue weighted by Gasteiger charge is 2.13. The molecule has 2 amide bonds. The average Bonchev–Trinajstić information content (AvgIpc) is 2.49. The third kappa shape index (κ3) is 6.45. The summed E-state index contributed by atoms with van der Waals surface area (Å²) in [6, 6.07) is 4.86. The summed E-state index contributed by atoms with van der Waals surface area (Å²) in [5.41, 5.74) is 6.30. The van der Waals surface area contributed by atoms with Crippen LogP contribution in [-0.4, -0.2) is 24.9 Å². The van der Waals surface area contributed by atoms with E-state index in [1.165, 1.54) is 0 Å². The molecular formula is C16H24ClN3O2. The van der Waals surface area contributed by atoms with Crippen molar-refractivity contribution < 1.29 is 9.59 Å². The minimum Gasteiger partial charge on any atom is -0.352 e. The van der Waals surface area contributed by atoms with Gasteiger partial charge in [-0.3, -0.25) is 9.59 Å². The van der Waals surface area contributed by atoms with Crippen LogP contribution in [-0.2, 0) is 4.79 Å². The maximum absolute atomic E-state index is 12.0. The molecule has 6 heteroatoms. The number of nitrogens with one attached hydrogen (secondary N) is 2. The number of anilines is 1. The zero-order chi connectivity index (χ0) is 16.4. The van der Waals surface area contributed by atoms with Gasteiger partial charge in [0.1, 0.15) is 0 Å². The van der Waals surface area contributed by atoms with E-state index in [0.29, 0.717) is 35.8 Å². The lowest BCUT2D eigenvalue weighted by molar-refractivity contribution is -0.116. The second-order valence-corrected chi connectivity index (χ2v) is 5.49. The first-order valence-electron chi connectivity index (χ1n) is 7.66. The van der Waals surface area contributed by atoms with Gasteiger partial charge in [-0.15, -0.1) is 0 Å². The van der Waals surface area contributed by atoms with Crippen LogP contribution in [0, 0.1) is 0 Å². The van der Waals surface area contributed by atoms with Crippen LogP contribution in [0.25, 0.3) is 0 Å². The molecule has 122 valence electrons. The van der Waals surface area contributed by atoms with E-state index in [2.05, 4.69) is 10.6 Å². The fourth-order valence-electron chi connectivity index (χ4n) is 2.07. The van der Waals surface area contributed by atoms with Gasteiger partial charge in [-0.2, -0.15) is 0 Å².